The Balaban J connectivity index is 1.74. The van der Waals surface area contributed by atoms with Gasteiger partial charge in [-0.1, -0.05) is 11.6 Å². The normalized spacial score (nSPS) is 28.0. The molecule has 3 unspecified atom stereocenters. The van der Waals surface area contributed by atoms with Gasteiger partial charge in [-0.2, -0.15) is 5.10 Å². The quantitative estimate of drug-likeness (QED) is 0.802. The molecular weight excluding hydrogens is 345 g/mol. The Morgan fingerprint density at radius 1 is 1.42 bits per heavy atom. The minimum absolute atomic E-state index is 0.0671. The minimum atomic E-state index is -0.228. The average molecular weight is 370 g/mol. The second-order valence-electron chi connectivity index (χ2n) is 7.11. The maximum absolute atomic E-state index is 6.65. The van der Waals surface area contributed by atoms with E-state index in [9.17, 15) is 0 Å². The van der Waals surface area contributed by atoms with Gasteiger partial charge in [0.25, 0.3) is 0 Å². The van der Waals surface area contributed by atoms with Crippen LogP contribution in [0.1, 0.15) is 38.3 Å². The predicted octanol–water partition coefficient (Wildman–Crippen LogP) is 2.85. The first-order valence-corrected chi connectivity index (χ1v) is 9.26. The highest BCUT2D eigenvalue weighted by atomic mass is 35.5. The van der Waals surface area contributed by atoms with Gasteiger partial charge in [0.2, 0.25) is 0 Å². The van der Waals surface area contributed by atoms with E-state index >= 15 is 0 Å². The molecule has 0 spiro atoms. The summed E-state index contributed by atoms with van der Waals surface area (Å²) in [6.45, 7) is 6.42. The van der Waals surface area contributed by atoms with E-state index < -0.39 is 0 Å². The van der Waals surface area contributed by atoms with Gasteiger partial charge in [-0.15, -0.1) is 11.6 Å². The Kier molecular flexibility index (Phi) is 5.35. The van der Waals surface area contributed by atoms with Crippen molar-refractivity contribution >= 4 is 29.4 Å². The van der Waals surface area contributed by atoms with E-state index in [1.165, 1.54) is 12.8 Å². The van der Waals surface area contributed by atoms with Crippen LogP contribution in [0.25, 0.3) is 0 Å². The average Bonchev–Trinajstić information content (AvgIpc) is 2.87. The van der Waals surface area contributed by atoms with Crippen molar-refractivity contribution in [2.24, 2.45) is 12.0 Å². The maximum atomic E-state index is 6.65. The summed E-state index contributed by atoms with van der Waals surface area (Å²) in [4.78, 5) is 4.71. The lowest BCUT2D eigenvalue weighted by atomic mass is 9.91. The molecule has 3 rings (SSSR count). The van der Waals surface area contributed by atoms with Crippen molar-refractivity contribution in [2.75, 3.05) is 13.1 Å². The molecule has 1 fully saturated rings. The number of alkyl halides is 1. The molecule has 24 heavy (non-hydrogen) atoms. The Labute approximate surface area is 153 Å². The third-order valence-corrected chi connectivity index (χ3v) is 5.48. The lowest BCUT2D eigenvalue weighted by Gasteiger charge is -2.36. The Bertz CT molecular complexity index is 624. The van der Waals surface area contributed by atoms with Crippen LogP contribution in [-0.4, -0.2) is 46.0 Å². The first-order valence-electron chi connectivity index (χ1n) is 8.45. The van der Waals surface area contributed by atoms with Crippen LogP contribution in [0.3, 0.4) is 0 Å². The standard InChI is InChI=1S/C17H25Cl2N5/c1-17(2,23-11-5-4-6-20-8-11)15-7-13(18)12(9-21-15)16-14(19)10-22-24(16)3/h7,9-13,20,23H,4-6,8H2,1-3H3. The topological polar surface area (TPSA) is 54.2 Å². The molecule has 1 aromatic heterocycles. The van der Waals surface area contributed by atoms with E-state index in [-0.39, 0.29) is 16.8 Å². The molecule has 0 bridgehead atoms. The fraction of sp³-hybridized carbons (Fsp3) is 0.647. The predicted molar refractivity (Wildman–Crippen MR) is 100 cm³/mol. The van der Waals surface area contributed by atoms with Gasteiger partial charge in [0.05, 0.1) is 39.4 Å². The van der Waals surface area contributed by atoms with Crippen molar-refractivity contribution in [3.63, 3.8) is 0 Å². The number of nitrogens with one attached hydrogen (secondary N) is 2. The first-order chi connectivity index (χ1) is 11.4. The van der Waals surface area contributed by atoms with Crippen molar-refractivity contribution in [3.05, 3.63) is 28.7 Å². The third-order valence-electron chi connectivity index (χ3n) is 4.79. The maximum Gasteiger partial charge on any atom is 0.0825 e. The summed E-state index contributed by atoms with van der Waals surface area (Å²) in [5.41, 5.74) is 1.65. The number of hydrogen-bond donors (Lipinski definition) is 2. The number of hydrogen-bond acceptors (Lipinski definition) is 4. The number of allylic oxidation sites excluding steroid dienone is 1. The Morgan fingerprint density at radius 3 is 2.79 bits per heavy atom. The summed E-state index contributed by atoms with van der Waals surface area (Å²) in [6.07, 6.45) is 7.98. The lowest BCUT2D eigenvalue weighted by molar-refractivity contribution is 0.317. The van der Waals surface area contributed by atoms with Gasteiger partial charge < -0.3 is 10.6 Å². The minimum Gasteiger partial charge on any atom is -0.315 e. The number of piperidine rings is 1. The zero-order valence-corrected chi connectivity index (χ0v) is 15.9. The molecule has 0 radical (unpaired) electrons. The van der Waals surface area contributed by atoms with Gasteiger partial charge in [-0.25, -0.2) is 0 Å². The summed E-state index contributed by atoms with van der Waals surface area (Å²) >= 11 is 12.9. The molecule has 3 atom stereocenters. The van der Waals surface area contributed by atoms with Crippen molar-refractivity contribution in [1.29, 1.82) is 0 Å². The third kappa shape index (κ3) is 3.69. The highest BCUT2D eigenvalue weighted by Gasteiger charge is 2.33. The van der Waals surface area contributed by atoms with Crippen LogP contribution in [0, 0.1) is 0 Å². The molecule has 1 aromatic rings. The molecular formula is C17H25Cl2N5. The van der Waals surface area contributed by atoms with E-state index in [0.29, 0.717) is 11.1 Å². The van der Waals surface area contributed by atoms with Crippen LogP contribution in [0.2, 0.25) is 5.02 Å². The van der Waals surface area contributed by atoms with E-state index in [0.717, 1.165) is 24.5 Å². The van der Waals surface area contributed by atoms with E-state index in [1.54, 1.807) is 10.9 Å². The molecule has 3 heterocycles. The SMILES string of the molecule is Cn1ncc(Cl)c1C1C=NC(C(C)(C)NC2CCCNC2)=CC1Cl. The molecule has 0 aliphatic carbocycles. The van der Waals surface area contributed by atoms with E-state index in [2.05, 4.69) is 29.6 Å². The van der Waals surface area contributed by atoms with Crippen molar-refractivity contribution < 1.29 is 0 Å². The molecule has 2 aliphatic rings. The van der Waals surface area contributed by atoms with Crippen LogP contribution in [0.15, 0.2) is 23.0 Å². The van der Waals surface area contributed by atoms with Gasteiger partial charge in [0, 0.05) is 25.8 Å². The second-order valence-corrected chi connectivity index (χ2v) is 8.03. The van der Waals surface area contributed by atoms with Gasteiger partial charge in [-0.05, 0) is 39.3 Å². The second kappa shape index (κ2) is 7.16. The monoisotopic (exact) mass is 369 g/mol. The number of nitrogens with zero attached hydrogens (tertiary/aromatic N) is 3. The van der Waals surface area contributed by atoms with Gasteiger partial charge in [0.15, 0.2) is 0 Å². The number of halogens is 2. The molecule has 1 saturated heterocycles. The molecule has 2 aliphatic heterocycles. The summed E-state index contributed by atoms with van der Waals surface area (Å²) in [6, 6.07) is 0.461. The molecule has 0 aromatic carbocycles. The number of aryl methyl sites for hydroxylation is 1. The molecule has 132 valence electrons. The molecule has 5 nitrogen and oxygen atoms in total. The van der Waals surface area contributed by atoms with Crippen LogP contribution in [-0.2, 0) is 7.05 Å². The zero-order chi connectivity index (χ0) is 17.3. The zero-order valence-electron chi connectivity index (χ0n) is 14.4. The molecule has 0 amide bonds. The largest absolute Gasteiger partial charge is 0.315 e. The van der Waals surface area contributed by atoms with E-state index in [4.69, 9.17) is 28.2 Å². The first kappa shape index (κ1) is 17.9. The van der Waals surface area contributed by atoms with Crippen molar-refractivity contribution in [1.82, 2.24) is 20.4 Å². The Morgan fingerprint density at radius 2 is 2.21 bits per heavy atom. The van der Waals surface area contributed by atoms with Crippen LogP contribution < -0.4 is 10.6 Å². The Hall–Kier alpha value is -0.880. The van der Waals surface area contributed by atoms with Crippen LogP contribution >= 0.6 is 23.2 Å². The molecule has 2 N–H and O–H groups in total. The summed E-state index contributed by atoms with van der Waals surface area (Å²) in [7, 11) is 1.87. The van der Waals surface area contributed by atoms with Gasteiger partial charge in [0.1, 0.15) is 0 Å². The van der Waals surface area contributed by atoms with Crippen LogP contribution in [0.4, 0.5) is 0 Å². The van der Waals surface area contributed by atoms with E-state index in [1.807, 2.05) is 19.3 Å². The number of aromatic nitrogens is 2. The highest BCUT2D eigenvalue weighted by molar-refractivity contribution is 6.31. The summed E-state index contributed by atoms with van der Waals surface area (Å²) < 4.78 is 1.77. The summed E-state index contributed by atoms with van der Waals surface area (Å²) in [5.74, 6) is -0.0671. The van der Waals surface area contributed by atoms with Crippen molar-refractivity contribution in [3.8, 4) is 0 Å². The van der Waals surface area contributed by atoms with Crippen molar-refractivity contribution in [2.45, 2.75) is 49.6 Å². The number of rotatable bonds is 4. The number of aliphatic imine (C=N–C) groups is 1. The van der Waals surface area contributed by atoms with Gasteiger partial charge >= 0.3 is 0 Å². The van der Waals surface area contributed by atoms with Gasteiger partial charge in [-0.3, -0.25) is 9.67 Å². The fourth-order valence-electron chi connectivity index (χ4n) is 3.49. The lowest BCUT2D eigenvalue weighted by Crippen LogP contribution is -2.53. The highest BCUT2D eigenvalue weighted by Crippen LogP contribution is 2.34. The molecule has 0 saturated carbocycles. The van der Waals surface area contributed by atoms with Crippen LogP contribution in [0.5, 0.6) is 0 Å². The fourth-order valence-corrected chi connectivity index (χ4v) is 4.08. The molecule has 7 heteroatoms. The smallest absolute Gasteiger partial charge is 0.0825 e. The summed E-state index contributed by atoms with van der Waals surface area (Å²) in [5, 5.41) is 11.8.